The van der Waals surface area contributed by atoms with E-state index in [4.69, 9.17) is 5.73 Å². The average Bonchev–Trinajstić information content (AvgIpc) is 2.37. The predicted molar refractivity (Wildman–Crippen MR) is 87.4 cm³/mol. The lowest BCUT2D eigenvalue weighted by atomic mass is 9.86. The van der Waals surface area contributed by atoms with E-state index in [1.807, 2.05) is 6.07 Å². The molecule has 0 aromatic heterocycles. The quantitative estimate of drug-likeness (QED) is 0.813. The maximum Gasteiger partial charge on any atom is 0.240 e. The van der Waals surface area contributed by atoms with Crippen LogP contribution in [-0.4, -0.2) is 15.0 Å². The standard InChI is InChI=1S/C16H28N2O2S/c1-11(2)15(12(3)4)10-18-21(19,20)16-7-6-14(9-17)8-13(16)5/h6-8,11-12,15,18H,9-10,17H2,1-5H3. The molecular formula is C16H28N2O2S. The van der Waals surface area contributed by atoms with Crippen LogP contribution in [0.25, 0.3) is 0 Å². The van der Waals surface area contributed by atoms with Gasteiger partial charge in [-0.05, 0) is 41.9 Å². The molecule has 0 aliphatic rings. The summed E-state index contributed by atoms with van der Waals surface area (Å²) in [5, 5.41) is 0. The molecule has 0 radical (unpaired) electrons. The summed E-state index contributed by atoms with van der Waals surface area (Å²) >= 11 is 0. The Morgan fingerprint density at radius 2 is 1.71 bits per heavy atom. The van der Waals surface area contributed by atoms with Crippen molar-refractivity contribution in [1.82, 2.24) is 4.72 Å². The molecule has 0 heterocycles. The lowest BCUT2D eigenvalue weighted by molar-refractivity contribution is 0.289. The van der Waals surface area contributed by atoms with Crippen molar-refractivity contribution in [1.29, 1.82) is 0 Å². The summed E-state index contributed by atoms with van der Waals surface area (Å²) in [5.74, 6) is 1.20. The van der Waals surface area contributed by atoms with Gasteiger partial charge in [-0.2, -0.15) is 0 Å². The maximum absolute atomic E-state index is 12.5. The van der Waals surface area contributed by atoms with Gasteiger partial charge >= 0.3 is 0 Å². The summed E-state index contributed by atoms with van der Waals surface area (Å²) in [6, 6.07) is 5.24. The second-order valence-electron chi connectivity index (χ2n) is 6.31. The summed E-state index contributed by atoms with van der Waals surface area (Å²) in [5.41, 5.74) is 7.25. The SMILES string of the molecule is Cc1cc(CN)ccc1S(=O)(=O)NCC(C(C)C)C(C)C. The highest BCUT2D eigenvalue weighted by molar-refractivity contribution is 7.89. The first-order valence-electron chi connectivity index (χ1n) is 7.48. The smallest absolute Gasteiger partial charge is 0.240 e. The number of rotatable bonds is 7. The van der Waals surface area contributed by atoms with Crippen LogP contribution in [-0.2, 0) is 16.6 Å². The molecular weight excluding hydrogens is 284 g/mol. The number of sulfonamides is 1. The Bertz CT molecular complexity index is 558. The Labute approximate surface area is 129 Å². The number of nitrogens with two attached hydrogens (primary N) is 1. The number of nitrogens with one attached hydrogen (secondary N) is 1. The fourth-order valence-electron chi connectivity index (χ4n) is 2.66. The van der Waals surface area contributed by atoms with Crippen molar-refractivity contribution in [2.24, 2.45) is 23.5 Å². The number of aryl methyl sites for hydroxylation is 1. The molecule has 5 heteroatoms. The van der Waals surface area contributed by atoms with Crippen molar-refractivity contribution < 1.29 is 8.42 Å². The third kappa shape index (κ3) is 4.80. The van der Waals surface area contributed by atoms with Gasteiger partial charge in [-0.25, -0.2) is 13.1 Å². The molecule has 0 aliphatic heterocycles. The van der Waals surface area contributed by atoms with Crippen molar-refractivity contribution in [2.75, 3.05) is 6.54 Å². The van der Waals surface area contributed by atoms with Gasteiger partial charge in [0.1, 0.15) is 0 Å². The molecule has 3 N–H and O–H groups in total. The molecule has 0 amide bonds. The third-order valence-electron chi connectivity index (χ3n) is 3.99. The minimum absolute atomic E-state index is 0.323. The fraction of sp³-hybridized carbons (Fsp3) is 0.625. The topological polar surface area (TPSA) is 72.2 Å². The first-order valence-corrected chi connectivity index (χ1v) is 8.96. The largest absolute Gasteiger partial charge is 0.326 e. The Morgan fingerprint density at radius 3 is 2.14 bits per heavy atom. The second kappa shape index (κ2) is 7.38. The Kier molecular flexibility index (Phi) is 6.38. The molecule has 1 aromatic carbocycles. The average molecular weight is 312 g/mol. The lowest BCUT2D eigenvalue weighted by Gasteiger charge is -2.25. The predicted octanol–water partition coefficient (Wildman–Crippen LogP) is 2.66. The van der Waals surface area contributed by atoms with Gasteiger partial charge in [-0.3, -0.25) is 0 Å². The van der Waals surface area contributed by atoms with Crippen molar-refractivity contribution in [3.63, 3.8) is 0 Å². The Morgan fingerprint density at radius 1 is 1.14 bits per heavy atom. The molecule has 0 spiro atoms. The summed E-state index contributed by atoms with van der Waals surface area (Å²) in [6.07, 6.45) is 0. The van der Waals surface area contributed by atoms with Gasteiger partial charge in [0.15, 0.2) is 0 Å². The van der Waals surface area contributed by atoms with Crippen LogP contribution in [0.1, 0.15) is 38.8 Å². The van der Waals surface area contributed by atoms with Gasteiger partial charge in [-0.15, -0.1) is 0 Å². The van der Waals surface area contributed by atoms with Crippen molar-refractivity contribution in [3.05, 3.63) is 29.3 Å². The molecule has 120 valence electrons. The normalized spacial score (nSPS) is 12.6. The van der Waals surface area contributed by atoms with Gasteiger partial charge in [-0.1, -0.05) is 39.8 Å². The summed E-state index contributed by atoms with van der Waals surface area (Å²) in [6.45, 7) is 11.2. The summed E-state index contributed by atoms with van der Waals surface area (Å²) < 4.78 is 27.7. The van der Waals surface area contributed by atoms with Gasteiger partial charge in [0.25, 0.3) is 0 Å². The highest BCUT2D eigenvalue weighted by Crippen LogP contribution is 2.21. The van der Waals surface area contributed by atoms with Crippen LogP contribution >= 0.6 is 0 Å². The van der Waals surface area contributed by atoms with E-state index in [1.165, 1.54) is 0 Å². The highest BCUT2D eigenvalue weighted by atomic mass is 32.2. The van der Waals surface area contributed by atoms with E-state index < -0.39 is 10.0 Å². The van der Waals surface area contributed by atoms with Crippen LogP contribution in [0.3, 0.4) is 0 Å². The zero-order chi connectivity index (χ0) is 16.2. The van der Waals surface area contributed by atoms with Gasteiger partial charge in [0, 0.05) is 13.1 Å². The van der Waals surface area contributed by atoms with Crippen LogP contribution in [0, 0.1) is 24.7 Å². The van der Waals surface area contributed by atoms with E-state index in [1.54, 1.807) is 19.1 Å². The molecule has 21 heavy (non-hydrogen) atoms. The van der Waals surface area contributed by atoms with E-state index in [9.17, 15) is 8.42 Å². The van der Waals surface area contributed by atoms with E-state index in [0.717, 1.165) is 11.1 Å². The number of hydrogen-bond acceptors (Lipinski definition) is 3. The minimum atomic E-state index is -3.47. The third-order valence-corrected chi connectivity index (χ3v) is 5.57. The van der Waals surface area contributed by atoms with E-state index >= 15 is 0 Å². The van der Waals surface area contributed by atoms with Crippen LogP contribution in [0.2, 0.25) is 0 Å². The van der Waals surface area contributed by atoms with Gasteiger partial charge < -0.3 is 5.73 Å². The van der Waals surface area contributed by atoms with Crippen molar-refractivity contribution in [2.45, 2.75) is 46.1 Å². The molecule has 0 saturated heterocycles. The van der Waals surface area contributed by atoms with Gasteiger partial charge in [0.2, 0.25) is 10.0 Å². The van der Waals surface area contributed by atoms with Crippen LogP contribution in [0.4, 0.5) is 0 Å². The zero-order valence-corrected chi connectivity index (χ0v) is 14.5. The molecule has 0 saturated carbocycles. The molecule has 1 aromatic rings. The molecule has 4 nitrogen and oxygen atoms in total. The molecule has 0 unspecified atom stereocenters. The van der Waals surface area contributed by atoms with Gasteiger partial charge in [0.05, 0.1) is 4.90 Å². The highest BCUT2D eigenvalue weighted by Gasteiger charge is 2.22. The maximum atomic E-state index is 12.5. The molecule has 1 rings (SSSR count). The molecule has 0 bridgehead atoms. The number of hydrogen-bond donors (Lipinski definition) is 2. The summed E-state index contributed by atoms with van der Waals surface area (Å²) in [7, 11) is -3.47. The zero-order valence-electron chi connectivity index (χ0n) is 13.7. The molecule has 0 aliphatic carbocycles. The van der Waals surface area contributed by atoms with Crippen LogP contribution in [0.15, 0.2) is 23.1 Å². The minimum Gasteiger partial charge on any atom is -0.326 e. The van der Waals surface area contributed by atoms with Crippen LogP contribution < -0.4 is 10.5 Å². The molecule has 0 atom stereocenters. The Balaban J connectivity index is 2.92. The van der Waals surface area contributed by atoms with E-state index in [-0.39, 0.29) is 0 Å². The Hall–Kier alpha value is -0.910. The summed E-state index contributed by atoms with van der Waals surface area (Å²) in [4.78, 5) is 0.339. The fourth-order valence-corrected chi connectivity index (χ4v) is 3.96. The van der Waals surface area contributed by atoms with Crippen LogP contribution in [0.5, 0.6) is 0 Å². The second-order valence-corrected chi connectivity index (χ2v) is 8.04. The number of benzene rings is 1. The van der Waals surface area contributed by atoms with E-state index in [2.05, 4.69) is 32.4 Å². The first kappa shape index (κ1) is 18.1. The van der Waals surface area contributed by atoms with E-state index in [0.29, 0.717) is 35.7 Å². The van der Waals surface area contributed by atoms with Crippen molar-refractivity contribution >= 4 is 10.0 Å². The lowest BCUT2D eigenvalue weighted by Crippen LogP contribution is -2.34. The molecule has 0 fully saturated rings. The van der Waals surface area contributed by atoms with Crippen molar-refractivity contribution in [3.8, 4) is 0 Å². The first-order chi connectivity index (χ1) is 9.69. The monoisotopic (exact) mass is 312 g/mol.